The van der Waals surface area contributed by atoms with Crippen molar-refractivity contribution in [2.24, 2.45) is 0 Å². The van der Waals surface area contributed by atoms with Crippen molar-refractivity contribution in [2.45, 2.75) is 31.2 Å². The van der Waals surface area contributed by atoms with Crippen LogP contribution in [-0.4, -0.2) is 24.2 Å². The molecule has 1 atom stereocenters. The Morgan fingerprint density at radius 2 is 2.37 bits per heavy atom. The first-order valence-electron chi connectivity index (χ1n) is 6.28. The summed E-state index contributed by atoms with van der Waals surface area (Å²) in [5.41, 5.74) is 0.672. The van der Waals surface area contributed by atoms with Gasteiger partial charge in [0.25, 0.3) is 0 Å². The minimum atomic E-state index is -0.447. The first kappa shape index (κ1) is 14.1. The summed E-state index contributed by atoms with van der Waals surface area (Å²) in [6, 6.07) is 4.79. The molecule has 0 N–H and O–H groups in total. The van der Waals surface area contributed by atoms with Gasteiger partial charge in [-0.1, -0.05) is 6.07 Å². The number of nitro groups is 1. The third-order valence-corrected chi connectivity index (χ3v) is 3.40. The molecule has 1 aliphatic heterocycles. The van der Waals surface area contributed by atoms with Gasteiger partial charge in [0, 0.05) is 25.0 Å². The largest absolute Gasteiger partial charge is 0.487 e. The Balaban J connectivity index is 1.96. The fourth-order valence-electron chi connectivity index (χ4n) is 2.08. The first-order chi connectivity index (χ1) is 9.20. The molecule has 0 amide bonds. The zero-order valence-electron chi connectivity index (χ0n) is 10.5. The molecule has 0 spiro atoms. The molecule has 0 radical (unpaired) electrons. The molecule has 1 fully saturated rings. The van der Waals surface area contributed by atoms with Crippen LogP contribution < -0.4 is 4.74 Å². The van der Waals surface area contributed by atoms with Crippen LogP contribution in [0, 0.1) is 10.1 Å². The summed E-state index contributed by atoms with van der Waals surface area (Å²) in [5, 5.41) is 11.0. The summed E-state index contributed by atoms with van der Waals surface area (Å²) in [6.07, 6.45) is 3.10. The molecule has 2 rings (SSSR count). The summed E-state index contributed by atoms with van der Waals surface area (Å²) in [7, 11) is 0. The average molecular weight is 286 g/mol. The van der Waals surface area contributed by atoms with Crippen LogP contribution >= 0.6 is 11.6 Å². The van der Waals surface area contributed by atoms with E-state index >= 15 is 0 Å². The average Bonchev–Trinajstić information content (AvgIpc) is 2.92. The van der Waals surface area contributed by atoms with Crippen LogP contribution in [0.3, 0.4) is 0 Å². The molecule has 6 heteroatoms. The van der Waals surface area contributed by atoms with Crippen molar-refractivity contribution in [3.8, 4) is 5.75 Å². The molecule has 1 aromatic rings. The number of nitrogens with zero attached hydrogens (tertiary/aromatic N) is 1. The van der Waals surface area contributed by atoms with Gasteiger partial charge < -0.3 is 9.47 Å². The molecule has 1 unspecified atom stereocenters. The second-order valence-electron chi connectivity index (χ2n) is 4.46. The Labute approximate surface area is 116 Å². The van der Waals surface area contributed by atoms with Gasteiger partial charge in [-0.05, 0) is 24.5 Å². The van der Waals surface area contributed by atoms with E-state index in [0.717, 1.165) is 25.9 Å². The van der Waals surface area contributed by atoms with Crippen LogP contribution in [0.15, 0.2) is 18.2 Å². The zero-order chi connectivity index (χ0) is 13.7. The number of hydrogen-bond donors (Lipinski definition) is 0. The second kappa shape index (κ2) is 6.73. The van der Waals surface area contributed by atoms with Crippen LogP contribution in [0.1, 0.15) is 24.8 Å². The smallest absolute Gasteiger partial charge is 0.311 e. The van der Waals surface area contributed by atoms with E-state index in [4.69, 9.17) is 21.1 Å². The van der Waals surface area contributed by atoms with Gasteiger partial charge in [0.05, 0.1) is 17.6 Å². The molecule has 104 valence electrons. The Morgan fingerprint density at radius 1 is 1.53 bits per heavy atom. The Bertz CT molecular complexity index is 446. The second-order valence-corrected chi connectivity index (χ2v) is 4.73. The monoisotopic (exact) mass is 285 g/mol. The lowest BCUT2D eigenvalue weighted by molar-refractivity contribution is -0.385. The van der Waals surface area contributed by atoms with E-state index in [1.54, 1.807) is 12.1 Å². The molecule has 0 aromatic heterocycles. The van der Waals surface area contributed by atoms with E-state index < -0.39 is 4.92 Å². The molecule has 0 saturated carbocycles. The minimum absolute atomic E-state index is 0.0366. The van der Waals surface area contributed by atoms with Gasteiger partial charge in [0.15, 0.2) is 5.75 Å². The third-order valence-electron chi connectivity index (χ3n) is 3.10. The highest BCUT2D eigenvalue weighted by molar-refractivity contribution is 6.17. The molecule has 0 aliphatic carbocycles. The molecule has 1 saturated heterocycles. The van der Waals surface area contributed by atoms with Crippen molar-refractivity contribution in [3.05, 3.63) is 33.9 Å². The number of ether oxygens (including phenoxy) is 2. The van der Waals surface area contributed by atoms with Gasteiger partial charge in [0.1, 0.15) is 0 Å². The number of halogens is 1. The van der Waals surface area contributed by atoms with Crippen LogP contribution in [0.2, 0.25) is 0 Å². The summed E-state index contributed by atoms with van der Waals surface area (Å²) < 4.78 is 11.0. The van der Waals surface area contributed by atoms with Gasteiger partial charge >= 0.3 is 5.69 Å². The lowest BCUT2D eigenvalue weighted by Crippen LogP contribution is -2.11. The fourth-order valence-corrected chi connectivity index (χ4v) is 2.25. The Hall–Kier alpha value is -1.33. The van der Waals surface area contributed by atoms with Crippen LogP contribution in [0.5, 0.6) is 5.75 Å². The maximum absolute atomic E-state index is 11.0. The molecule has 19 heavy (non-hydrogen) atoms. The van der Waals surface area contributed by atoms with Crippen molar-refractivity contribution < 1.29 is 14.4 Å². The summed E-state index contributed by atoms with van der Waals surface area (Å²) in [4.78, 5) is 10.5. The Morgan fingerprint density at radius 3 is 3.00 bits per heavy atom. The van der Waals surface area contributed by atoms with Gasteiger partial charge in [-0.25, -0.2) is 0 Å². The number of nitro benzene ring substituents is 1. The fraction of sp³-hybridized carbons (Fsp3) is 0.538. The number of benzene rings is 1. The van der Waals surface area contributed by atoms with Crippen molar-refractivity contribution in [2.75, 3.05) is 13.2 Å². The normalized spacial score (nSPS) is 18.5. The van der Waals surface area contributed by atoms with Crippen molar-refractivity contribution in [3.63, 3.8) is 0 Å². The minimum Gasteiger partial charge on any atom is -0.487 e. The van der Waals surface area contributed by atoms with Gasteiger partial charge in [-0.3, -0.25) is 10.1 Å². The summed E-state index contributed by atoms with van der Waals surface area (Å²) >= 11 is 5.67. The maximum atomic E-state index is 11.0. The molecular formula is C13H16ClNO4. The first-order valence-corrected chi connectivity index (χ1v) is 6.82. The quantitative estimate of drug-likeness (QED) is 0.457. The molecule has 1 aliphatic rings. The van der Waals surface area contributed by atoms with Crippen LogP contribution in [0.4, 0.5) is 5.69 Å². The van der Waals surface area contributed by atoms with E-state index in [2.05, 4.69) is 0 Å². The van der Waals surface area contributed by atoms with E-state index in [1.165, 1.54) is 6.07 Å². The number of hydrogen-bond acceptors (Lipinski definition) is 4. The lowest BCUT2D eigenvalue weighted by Gasteiger charge is -2.11. The molecule has 0 bridgehead atoms. The zero-order valence-corrected chi connectivity index (χ0v) is 11.3. The number of rotatable bonds is 6. The van der Waals surface area contributed by atoms with Crippen molar-refractivity contribution in [1.82, 2.24) is 0 Å². The van der Waals surface area contributed by atoms with E-state index in [-0.39, 0.29) is 23.4 Å². The summed E-state index contributed by atoms with van der Waals surface area (Å²) in [6.45, 7) is 1.22. The predicted octanol–water partition coefficient (Wildman–Crippen LogP) is 3.28. The van der Waals surface area contributed by atoms with E-state index in [1.807, 2.05) is 0 Å². The topological polar surface area (TPSA) is 61.6 Å². The van der Waals surface area contributed by atoms with Crippen LogP contribution in [0.25, 0.3) is 0 Å². The van der Waals surface area contributed by atoms with Gasteiger partial charge in [0.2, 0.25) is 0 Å². The molecule has 5 nitrogen and oxygen atoms in total. The SMILES string of the molecule is O=[N+]([O-])c1cc(CCl)ccc1OCCC1CCCO1. The van der Waals surface area contributed by atoms with Crippen molar-refractivity contribution in [1.29, 1.82) is 0 Å². The predicted molar refractivity (Wildman–Crippen MR) is 71.7 cm³/mol. The highest BCUT2D eigenvalue weighted by atomic mass is 35.5. The molecular weight excluding hydrogens is 270 g/mol. The third kappa shape index (κ3) is 3.81. The summed E-state index contributed by atoms with van der Waals surface area (Å²) in [5.74, 6) is 0.536. The number of alkyl halides is 1. The van der Waals surface area contributed by atoms with Gasteiger partial charge in [-0.2, -0.15) is 0 Å². The van der Waals surface area contributed by atoms with E-state index in [9.17, 15) is 10.1 Å². The highest BCUT2D eigenvalue weighted by Gasteiger charge is 2.18. The van der Waals surface area contributed by atoms with Crippen LogP contribution in [-0.2, 0) is 10.6 Å². The van der Waals surface area contributed by atoms with E-state index in [0.29, 0.717) is 12.2 Å². The molecule has 1 heterocycles. The van der Waals surface area contributed by atoms with Gasteiger partial charge in [-0.15, -0.1) is 11.6 Å². The highest BCUT2D eigenvalue weighted by Crippen LogP contribution is 2.29. The maximum Gasteiger partial charge on any atom is 0.311 e. The molecule has 1 aromatic carbocycles. The van der Waals surface area contributed by atoms with Crippen molar-refractivity contribution >= 4 is 17.3 Å². The Kier molecular flexibility index (Phi) is 4.99. The standard InChI is InChI=1S/C13H16ClNO4/c14-9-10-3-4-13(12(8-10)15(16)17)19-7-5-11-2-1-6-18-11/h3-4,8,11H,1-2,5-7,9H2. The lowest BCUT2D eigenvalue weighted by atomic mass is 10.2.